The normalized spacial score (nSPS) is 10.8. The maximum atomic E-state index is 12.3. The lowest BCUT2D eigenvalue weighted by Gasteiger charge is -2.08. The molecular formula is C17H15Cl2N5O3. The summed E-state index contributed by atoms with van der Waals surface area (Å²) in [6.07, 6.45) is 2.66. The average Bonchev–Trinajstić information content (AvgIpc) is 3.17. The number of carbonyl (C=O) groups is 2. The first-order chi connectivity index (χ1) is 12.8. The molecule has 0 radical (unpaired) electrons. The van der Waals surface area contributed by atoms with Crippen LogP contribution in [0.4, 0.5) is 5.82 Å². The number of nitrogens with zero attached hydrogens (tertiary/aromatic N) is 4. The molecule has 0 aliphatic rings. The molecule has 2 N–H and O–H groups in total. The molecule has 27 heavy (non-hydrogen) atoms. The molecular weight excluding hydrogens is 393 g/mol. The maximum Gasteiger partial charge on any atom is 0.325 e. The Morgan fingerprint density at radius 1 is 1.26 bits per heavy atom. The number of hydrogen-bond donors (Lipinski definition) is 2. The topological polar surface area (TPSA) is 102 Å². The van der Waals surface area contributed by atoms with Crippen molar-refractivity contribution >= 4 is 40.9 Å². The first kappa shape index (κ1) is 18.9. The summed E-state index contributed by atoms with van der Waals surface area (Å²) in [6, 6.07) is 6.97. The number of aryl methyl sites for hydroxylation is 1. The van der Waals surface area contributed by atoms with Gasteiger partial charge >= 0.3 is 5.97 Å². The Labute approximate surface area is 164 Å². The van der Waals surface area contributed by atoms with Crippen molar-refractivity contribution < 1.29 is 14.7 Å². The van der Waals surface area contributed by atoms with Crippen molar-refractivity contribution in [3.63, 3.8) is 0 Å². The van der Waals surface area contributed by atoms with E-state index in [1.807, 2.05) is 6.92 Å². The van der Waals surface area contributed by atoms with Crippen molar-refractivity contribution in [1.29, 1.82) is 0 Å². The van der Waals surface area contributed by atoms with Crippen LogP contribution in [-0.4, -0.2) is 36.5 Å². The predicted octanol–water partition coefficient (Wildman–Crippen LogP) is 3.08. The van der Waals surface area contributed by atoms with Gasteiger partial charge in [-0.2, -0.15) is 10.2 Å². The molecule has 0 saturated carbocycles. The van der Waals surface area contributed by atoms with Crippen LogP contribution >= 0.6 is 23.2 Å². The van der Waals surface area contributed by atoms with Crippen LogP contribution in [0.1, 0.15) is 21.6 Å². The minimum atomic E-state index is -1.04. The molecule has 0 spiro atoms. The summed E-state index contributed by atoms with van der Waals surface area (Å²) in [5.74, 6) is -1.13. The number of nitrogens with one attached hydrogen (secondary N) is 1. The molecule has 0 atom stereocenters. The molecule has 0 unspecified atom stereocenters. The van der Waals surface area contributed by atoms with Crippen molar-refractivity contribution in [2.24, 2.45) is 0 Å². The first-order valence-corrected chi connectivity index (χ1v) is 8.62. The van der Waals surface area contributed by atoms with E-state index in [4.69, 9.17) is 28.3 Å². The molecule has 2 heterocycles. The Hall–Kier alpha value is -2.84. The van der Waals surface area contributed by atoms with Gasteiger partial charge in [-0.15, -0.1) is 0 Å². The van der Waals surface area contributed by atoms with E-state index in [0.29, 0.717) is 22.4 Å². The van der Waals surface area contributed by atoms with Gasteiger partial charge in [0, 0.05) is 33.6 Å². The van der Waals surface area contributed by atoms with Gasteiger partial charge in [0.25, 0.3) is 5.91 Å². The lowest BCUT2D eigenvalue weighted by molar-refractivity contribution is -0.137. The monoisotopic (exact) mass is 407 g/mol. The number of carboxylic acid groups (broad SMARTS) is 1. The fourth-order valence-electron chi connectivity index (χ4n) is 2.46. The number of aliphatic carboxylic acids is 1. The van der Waals surface area contributed by atoms with Crippen molar-refractivity contribution in [2.75, 3.05) is 5.32 Å². The van der Waals surface area contributed by atoms with Gasteiger partial charge in [0.1, 0.15) is 6.54 Å². The molecule has 0 fully saturated rings. The molecule has 2 aromatic heterocycles. The van der Waals surface area contributed by atoms with Crippen LogP contribution in [0.2, 0.25) is 10.0 Å². The fourth-order valence-corrected chi connectivity index (χ4v) is 2.98. The zero-order valence-electron chi connectivity index (χ0n) is 14.2. The fraction of sp³-hybridized carbons (Fsp3) is 0.176. The number of carboxylic acids is 1. The molecule has 10 heteroatoms. The Morgan fingerprint density at radius 2 is 1.96 bits per heavy atom. The molecule has 0 aliphatic heterocycles. The van der Waals surface area contributed by atoms with E-state index < -0.39 is 11.9 Å². The standard InChI is InChI=1S/C17H15Cl2N5O3/c1-10-5-15(21-17(27)11-6-20-23(7-11)9-16(25)26)22-24(10)8-12-13(18)3-2-4-14(12)19/h2-7H,8-9H2,1H3,(H,25,26)(H,21,22,27). The molecule has 3 rings (SSSR count). The molecule has 0 bridgehead atoms. The number of carbonyl (C=O) groups excluding carboxylic acids is 1. The van der Waals surface area contributed by atoms with E-state index >= 15 is 0 Å². The number of rotatable bonds is 6. The summed E-state index contributed by atoms with van der Waals surface area (Å²) < 4.78 is 2.84. The van der Waals surface area contributed by atoms with Crippen LogP contribution in [0, 0.1) is 6.92 Å². The molecule has 3 aromatic rings. The van der Waals surface area contributed by atoms with Crippen LogP contribution in [-0.2, 0) is 17.9 Å². The van der Waals surface area contributed by atoms with Crippen molar-refractivity contribution in [2.45, 2.75) is 20.0 Å². The highest BCUT2D eigenvalue weighted by Crippen LogP contribution is 2.25. The van der Waals surface area contributed by atoms with Gasteiger partial charge in [0.15, 0.2) is 5.82 Å². The van der Waals surface area contributed by atoms with E-state index in [-0.39, 0.29) is 12.1 Å². The van der Waals surface area contributed by atoms with E-state index in [9.17, 15) is 9.59 Å². The van der Waals surface area contributed by atoms with E-state index in [1.165, 1.54) is 17.1 Å². The highest BCUT2D eigenvalue weighted by Gasteiger charge is 2.14. The minimum absolute atomic E-state index is 0.234. The second kappa shape index (κ2) is 7.81. The van der Waals surface area contributed by atoms with Crippen LogP contribution in [0.5, 0.6) is 0 Å². The molecule has 8 nitrogen and oxygen atoms in total. The van der Waals surface area contributed by atoms with E-state index in [1.54, 1.807) is 28.9 Å². The van der Waals surface area contributed by atoms with E-state index in [2.05, 4.69) is 15.5 Å². The summed E-state index contributed by atoms with van der Waals surface area (Å²) in [6.45, 7) is 1.88. The van der Waals surface area contributed by atoms with E-state index in [0.717, 1.165) is 11.3 Å². The smallest absolute Gasteiger partial charge is 0.325 e. The van der Waals surface area contributed by atoms with Crippen LogP contribution in [0.15, 0.2) is 36.7 Å². The molecule has 1 aromatic carbocycles. The Balaban J connectivity index is 1.73. The Bertz CT molecular complexity index is 992. The van der Waals surface area contributed by atoms with Crippen LogP contribution in [0.25, 0.3) is 0 Å². The van der Waals surface area contributed by atoms with Gasteiger partial charge in [-0.3, -0.25) is 19.0 Å². The Kier molecular flexibility index (Phi) is 5.48. The average molecular weight is 408 g/mol. The number of benzene rings is 1. The Morgan fingerprint density at radius 3 is 2.63 bits per heavy atom. The minimum Gasteiger partial charge on any atom is -0.480 e. The predicted molar refractivity (Wildman–Crippen MR) is 100 cm³/mol. The second-order valence-electron chi connectivity index (χ2n) is 5.80. The third kappa shape index (κ3) is 4.47. The second-order valence-corrected chi connectivity index (χ2v) is 6.62. The summed E-state index contributed by atoms with van der Waals surface area (Å²) in [5, 5.41) is 20.7. The number of aromatic nitrogens is 4. The zero-order chi connectivity index (χ0) is 19.6. The van der Waals surface area contributed by atoms with Gasteiger partial charge in [0.05, 0.1) is 18.3 Å². The largest absolute Gasteiger partial charge is 0.480 e. The van der Waals surface area contributed by atoms with Crippen LogP contribution < -0.4 is 5.32 Å². The maximum absolute atomic E-state index is 12.3. The lowest BCUT2D eigenvalue weighted by atomic mass is 10.2. The van der Waals surface area contributed by atoms with Gasteiger partial charge < -0.3 is 10.4 Å². The summed E-state index contributed by atoms with van der Waals surface area (Å²) in [5.41, 5.74) is 1.78. The highest BCUT2D eigenvalue weighted by molar-refractivity contribution is 6.35. The van der Waals surface area contributed by atoms with Gasteiger partial charge in [-0.1, -0.05) is 29.3 Å². The molecule has 0 aliphatic carbocycles. The molecule has 0 saturated heterocycles. The number of amides is 1. The summed E-state index contributed by atoms with van der Waals surface area (Å²) in [4.78, 5) is 23.0. The first-order valence-electron chi connectivity index (χ1n) is 7.86. The summed E-state index contributed by atoms with van der Waals surface area (Å²) in [7, 11) is 0. The quantitative estimate of drug-likeness (QED) is 0.653. The number of anilines is 1. The van der Waals surface area contributed by atoms with Gasteiger partial charge in [0.2, 0.25) is 0 Å². The SMILES string of the molecule is Cc1cc(NC(=O)c2cnn(CC(=O)O)c2)nn1Cc1c(Cl)cccc1Cl. The van der Waals surface area contributed by atoms with Crippen molar-refractivity contribution in [3.05, 3.63) is 63.5 Å². The van der Waals surface area contributed by atoms with Crippen LogP contribution in [0.3, 0.4) is 0 Å². The molecule has 140 valence electrons. The highest BCUT2D eigenvalue weighted by atomic mass is 35.5. The van der Waals surface area contributed by atoms with Gasteiger partial charge in [-0.25, -0.2) is 0 Å². The summed E-state index contributed by atoms with van der Waals surface area (Å²) >= 11 is 12.4. The van der Waals surface area contributed by atoms with Gasteiger partial charge in [-0.05, 0) is 19.1 Å². The zero-order valence-corrected chi connectivity index (χ0v) is 15.7. The number of hydrogen-bond acceptors (Lipinski definition) is 4. The van der Waals surface area contributed by atoms with Crippen molar-refractivity contribution in [1.82, 2.24) is 19.6 Å². The third-order valence-corrected chi connectivity index (χ3v) is 4.49. The molecule has 1 amide bonds. The third-order valence-electron chi connectivity index (χ3n) is 3.79. The lowest BCUT2D eigenvalue weighted by Crippen LogP contribution is -2.13. The van der Waals surface area contributed by atoms with Crippen molar-refractivity contribution in [3.8, 4) is 0 Å². The number of halogens is 2.